The van der Waals surface area contributed by atoms with Gasteiger partial charge in [-0.15, -0.1) is 0 Å². The van der Waals surface area contributed by atoms with Gasteiger partial charge in [0.05, 0.1) is 5.41 Å². The molecule has 2 aromatic carbocycles. The van der Waals surface area contributed by atoms with E-state index in [0.29, 0.717) is 0 Å². The molecule has 0 fully saturated rings. The minimum atomic E-state index is -0.137. The maximum absolute atomic E-state index is 2.52. The maximum atomic E-state index is 2.52. The number of hydrogen-bond acceptors (Lipinski definition) is 0. The second-order valence-corrected chi connectivity index (χ2v) is 8.04. The van der Waals surface area contributed by atoms with Crippen LogP contribution in [-0.4, -0.2) is 0 Å². The van der Waals surface area contributed by atoms with Crippen LogP contribution in [0.5, 0.6) is 0 Å². The minimum absolute atomic E-state index is 0.137. The summed E-state index contributed by atoms with van der Waals surface area (Å²) in [6.07, 6.45) is 17.5. The van der Waals surface area contributed by atoms with Crippen LogP contribution in [0.4, 0.5) is 0 Å². The molecule has 4 aliphatic rings. The monoisotopic (exact) mass is 346 g/mol. The van der Waals surface area contributed by atoms with E-state index >= 15 is 0 Å². The molecule has 0 saturated carbocycles. The molecule has 1 spiro atoms. The highest BCUT2D eigenvalue weighted by Gasteiger charge is 2.53. The van der Waals surface area contributed by atoms with E-state index in [-0.39, 0.29) is 5.41 Å². The molecular formula is C27H22. The highest BCUT2D eigenvalue weighted by molar-refractivity contribution is 5.91. The van der Waals surface area contributed by atoms with E-state index in [1.54, 1.807) is 0 Å². The molecule has 4 aliphatic carbocycles. The first kappa shape index (κ1) is 15.2. The maximum Gasteiger partial charge on any atom is 0.0719 e. The van der Waals surface area contributed by atoms with Crippen molar-refractivity contribution in [1.29, 1.82) is 0 Å². The Bertz CT molecular complexity index is 1150. The van der Waals surface area contributed by atoms with Crippen molar-refractivity contribution in [3.63, 3.8) is 0 Å². The van der Waals surface area contributed by atoms with Crippen LogP contribution in [0.3, 0.4) is 0 Å². The molecule has 1 atom stereocenters. The molecule has 0 aromatic heterocycles. The highest BCUT2D eigenvalue weighted by Crippen LogP contribution is 2.64. The van der Waals surface area contributed by atoms with Gasteiger partial charge in [-0.25, -0.2) is 0 Å². The summed E-state index contributed by atoms with van der Waals surface area (Å²) in [5.74, 6) is 0. The lowest BCUT2D eigenvalue weighted by Gasteiger charge is -2.33. The molecule has 0 heteroatoms. The second kappa shape index (κ2) is 5.33. The lowest BCUT2D eigenvalue weighted by Crippen LogP contribution is -2.27. The Labute approximate surface area is 160 Å². The van der Waals surface area contributed by atoms with Gasteiger partial charge in [0.25, 0.3) is 0 Å². The summed E-state index contributed by atoms with van der Waals surface area (Å²) in [6.45, 7) is 2.22. The van der Waals surface area contributed by atoms with Crippen molar-refractivity contribution in [2.75, 3.05) is 0 Å². The fraction of sp³-hybridized carbons (Fsp3) is 0.185. The third-order valence-electron chi connectivity index (χ3n) is 6.64. The van der Waals surface area contributed by atoms with Gasteiger partial charge >= 0.3 is 0 Å². The van der Waals surface area contributed by atoms with Crippen molar-refractivity contribution in [1.82, 2.24) is 0 Å². The predicted octanol–water partition coefficient (Wildman–Crippen LogP) is 6.73. The van der Waals surface area contributed by atoms with E-state index in [0.717, 1.165) is 19.3 Å². The minimum Gasteiger partial charge on any atom is -0.0801 e. The molecule has 6 rings (SSSR count). The highest BCUT2D eigenvalue weighted by atomic mass is 14.5. The van der Waals surface area contributed by atoms with Crippen molar-refractivity contribution in [2.45, 2.75) is 31.6 Å². The summed E-state index contributed by atoms with van der Waals surface area (Å²) in [7, 11) is 0. The zero-order valence-corrected chi connectivity index (χ0v) is 15.6. The Kier molecular flexibility index (Phi) is 3.00. The van der Waals surface area contributed by atoms with Crippen molar-refractivity contribution in [2.24, 2.45) is 0 Å². The van der Waals surface area contributed by atoms with Crippen LogP contribution in [0.25, 0.3) is 11.1 Å². The molecule has 130 valence electrons. The second-order valence-electron chi connectivity index (χ2n) is 8.04. The van der Waals surface area contributed by atoms with E-state index < -0.39 is 0 Å². The summed E-state index contributed by atoms with van der Waals surface area (Å²) in [6, 6.07) is 16.1. The zero-order chi connectivity index (χ0) is 18.0. The van der Waals surface area contributed by atoms with Crippen LogP contribution in [0, 0.1) is 6.92 Å². The van der Waals surface area contributed by atoms with Crippen molar-refractivity contribution < 1.29 is 0 Å². The van der Waals surface area contributed by atoms with Crippen molar-refractivity contribution in [3.8, 4) is 11.1 Å². The SMILES string of the molecule is Cc1ccc2c(c1)C1(C3=CCCC=C3C3=C1C=CC=CC3)c1ccccc1-2. The lowest BCUT2D eigenvalue weighted by molar-refractivity contribution is 0.766. The summed E-state index contributed by atoms with van der Waals surface area (Å²) in [5, 5.41) is 0. The average molecular weight is 346 g/mol. The topological polar surface area (TPSA) is 0 Å². The number of benzene rings is 2. The third-order valence-corrected chi connectivity index (χ3v) is 6.64. The van der Waals surface area contributed by atoms with Crippen LogP contribution in [0.2, 0.25) is 0 Å². The first-order valence-corrected chi connectivity index (χ1v) is 10.0. The normalized spacial score (nSPS) is 24.2. The Morgan fingerprint density at radius 1 is 0.852 bits per heavy atom. The van der Waals surface area contributed by atoms with Gasteiger partial charge in [-0.1, -0.05) is 84.5 Å². The lowest BCUT2D eigenvalue weighted by atomic mass is 9.68. The zero-order valence-electron chi connectivity index (χ0n) is 15.6. The largest absolute Gasteiger partial charge is 0.0801 e. The Hall–Kier alpha value is -2.86. The van der Waals surface area contributed by atoms with Crippen molar-refractivity contribution in [3.05, 3.63) is 118 Å². The molecular weight excluding hydrogens is 324 g/mol. The molecule has 1 unspecified atom stereocenters. The van der Waals surface area contributed by atoms with Crippen LogP contribution >= 0.6 is 0 Å². The molecule has 2 aromatic rings. The van der Waals surface area contributed by atoms with Crippen LogP contribution < -0.4 is 0 Å². The molecule has 27 heavy (non-hydrogen) atoms. The van der Waals surface area contributed by atoms with Gasteiger partial charge < -0.3 is 0 Å². The molecule has 0 radical (unpaired) electrons. The van der Waals surface area contributed by atoms with E-state index in [1.807, 2.05) is 0 Å². The van der Waals surface area contributed by atoms with E-state index in [9.17, 15) is 0 Å². The Morgan fingerprint density at radius 2 is 1.70 bits per heavy atom. The van der Waals surface area contributed by atoms with Crippen LogP contribution in [-0.2, 0) is 5.41 Å². The molecule has 0 saturated heterocycles. The molecule has 0 heterocycles. The van der Waals surface area contributed by atoms with E-state index in [4.69, 9.17) is 0 Å². The molecule has 0 N–H and O–H groups in total. The Balaban J connectivity index is 1.80. The average Bonchev–Trinajstić information content (AvgIpc) is 2.99. The van der Waals surface area contributed by atoms with Gasteiger partial charge in [0, 0.05) is 0 Å². The van der Waals surface area contributed by atoms with E-state index in [1.165, 1.54) is 50.1 Å². The van der Waals surface area contributed by atoms with E-state index in [2.05, 4.69) is 85.8 Å². The fourth-order valence-electron chi connectivity index (χ4n) is 5.67. The number of rotatable bonds is 0. The van der Waals surface area contributed by atoms with Gasteiger partial charge in [-0.3, -0.25) is 0 Å². The Morgan fingerprint density at radius 3 is 2.67 bits per heavy atom. The standard InChI is InChI=1S/C27H22/c1-18-15-16-22-21-11-6-8-14-25(21)27(26(22)17-18)23-12-4-2-3-9-19(23)20-10-5-7-13-24(20)27/h2-4,6,8,10-17H,5,7,9H2,1H3. The number of allylic oxidation sites excluding steroid dienone is 10. The fourth-order valence-corrected chi connectivity index (χ4v) is 5.67. The summed E-state index contributed by atoms with van der Waals surface area (Å²) in [5.41, 5.74) is 13.0. The van der Waals surface area contributed by atoms with Gasteiger partial charge in [0.2, 0.25) is 0 Å². The third kappa shape index (κ3) is 1.78. The summed E-state index contributed by atoms with van der Waals surface area (Å²) in [4.78, 5) is 0. The number of aryl methyl sites for hydroxylation is 1. The summed E-state index contributed by atoms with van der Waals surface area (Å²) < 4.78 is 0. The van der Waals surface area contributed by atoms with Crippen molar-refractivity contribution >= 4 is 0 Å². The van der Waals surface area contributed by atoms with Crippen LogP contribution in [0.1, 0.15) is 36.0 Å². The van der Waals surface area contributed by atoms with Gasteiger partial charge in [0.15, 0.2) is 0 Å². The first-order chi connectivity index (χ1) is 13.3. The first-order valence-electron chi connectivity index (χ1n) is 10.0. The quantitative estimate of drug-likeness (QED) is 0.496. The van der Waals surface area contributed by atoms with Crippen LogP contribution in [0.15, 0.2) is 101 Å². The number of hydrogen-bond donors (Lipinski definition) is 0. The molecule has 0 nitrogen and oxygen atoms in total. The van der Waals surface area contributed by atoms with Gasteiger partial charge in [-0.2, -0.15) is 0 Å². The van der Waals surface area contributed by atoms with Gasteiger partial charge in [-0.05, 0) is 70.7 Å². The molecule has 0 bridgehead atoms. The predicted molar refractivity (Wildman–Crippen MR) is 113 cm³/mol. The summed E-state index contributed by atoms with van der Waals surface area (Å²) >= 11 is 0. The van der Waals surface area contributed by atoms with Gasteiger partial charge in [0.1, 0.15) is 0 Å². The smallest absolute Gasteiger partial charge is 0.0719 e. The number of fused-ring (bicyclic) bond motifs is 9. The molecule has 0 aliphatic heterocycles. The molecule has 0 amide bonds.